The van der Waals surface area contributed by atoms with E-state index in [1.54, 1.807) is 4.90 Å². The predicted molar refractivity (Wildman–Crippen MR) is 101 cm³/mol. The van der Waals surface area contributed by atoms with E-state index in [1.807, 2.05) is 20.8 Å². The van der Waals surface area contributed by atoms with Gasteiger partial charge < -0.3 is 10.6 Å². The van der Waals surface area contributed by atoms with Crippen molar-refractivity contribution in [1.82, 2.24) is 10.2 Å². The van der Waals surface area contributed by atoms with Gasteiger partial charge in [0.1, 0.15) is 0 Å². The number of amides is 2. The molecule has 0 aliphatic heterocycles. The van der Waals surface area contributed by atoms with Gasteiger partial charge in [0, 0.05) is 6.04 Å². The van der Waals surface area contributed by atoms with Crippen molar-refractivity contribution in [2.75, 3.05) is 25.0 Å². The Hall–Kier alpha value is -0.720. The highest BCUT2D eigenvalue weighted by atomic mass is 35.5. The Morgan fingerprint density at radius 1 is 1.04 bits per heavy atom. The molecule has 134 valence electrons. The van der Waals surface area contributed by atoms with Crippen molar-refractivity contribution in [1.29, 1.82) is 0 Å². The molecule has 0 heterocycles. The monoisotopic (exact) mass is 413 g/mol. The van der Waals surface area contributed by atoms with Crippen LogP contribution in [0.3, 0.4) is 0 Å². The maximum Gasteiger partial charge on any atom is 0.238 e. The van der Waals surface area contributed by atoms with Crippen molar-refractivity contribution in [2.45, 2.75) is 26.8 Å². The van der Waals surface area contributed by atoms with Crippen LogP contribution < -0.4 is 10.6 Å². The van der Waals surface area contributed by atoms with Crippen LogP contribution in [0.4, 0.5) is 5.69 Å². The molecule has 9 heteroatoms. The number of hydrogen-bond acceptors (Lipinski definition) is 3. The molecule has 1 rings (SSSR count). The molecule has 0 unspecified atom stereocenters. The summed E-state index contributed by atoms with van der Waals surface area (Å²) in [7, 11) is 0. The second kappa shape index (κ2) is 9.68. The number of hydrogen-bond donors (Lipinski definition) is 2. The number of likely N-dealkylation sites (N-methyl/N-ethyl adjacent to an activating group) is 1. The van der Waals surface area contributed by atoms with Crippen molar-refractivity contribution >= 4 is 63.9 Å². The molecule has 0 radical (unpaired) electrons. The molecule has 0 aliphatic rings. The van der Waals surface area contributed by atoms with Gasteiger partial charge in [-0.3, -0.25) is 14.5 Å². The van der Waals surface area contributed by atoms with Gasteiger partial charge in [0.2, 0.25) is 11.8 Å². The van der Waals surface area contributed by atoms with Crippen LogP contribution in [-0.4, -0.2) is 42.4 Å². The van der Waals surface area contributed by atoms with Gasteiger partial charge in [0.15, 0.2) is 0 Å². The Morgan fingerprint density at radius 3 is 2.00 bits per heavy atom. The summed E-state index contributed by atoms with van der Waals surface area (Å²) in [5.74, 6) is -0.530. The van der Waals surface area contributed by atoms with Crippen LogP contribution in [-0.2, 0) is 9.59 Å². The summed E-state index contributed by atoms with van der Waals surface area (Å²) in [5.41, 5.74) is 0.156. The maximum atomic E-state index is 12.2. The van der Waals surface area contributed by atoms with Crippen molar-refractivity contribution in [3.63, 3.8) is 0 Å². The first-order valence-electron chi connectivity index (χ1n) is 7.30. The maximum absolute atomic E-state index is 12.2. The Kier molecular flexibility index (Phi) is 8.60. The summed E-state index contributed by atoms with van der Waals surface area (Å²) >= 11 is 24.0. The van der Waals surface area contributed by atoms with E-state index in [2.05, 4.69) is 10.6 Å². The van der Waals surface area contributed by atoms with Gasteiger partial charge in [-0.1, -0.05) is 53.3 Å². The largest absolute Gasteiger partial charge is 0.353 e. The second-order valence-electron chi connectivity index (χ2n) is 5.42. The fourth-order valence-electron chi connectivity index (χ4n) is 1.92. The number of anilines is 1. The Balaban J connectivity index is 2.76. The van der Waals surface area contributed by atoms with Crippen LogP contribution in [0.1, 0.15) is 20.8 Å². The lowest BCUT2D eigenvalue weighted by Crippen LogP contribution is -2.42. The Bertz CT molecular complexity index is 597. The van der Waals surface area contributed by atoms with Crippen LogP contribution in [0.15, 0.2) is 6.07 Å². The molecule has 0 bridgehead atoms. The molecule has 0 saturated heterocycles. The number of rotatable bonds is 7. The fourth-order valence-corrected chi connectivity index (χ4v) is 2.82. The zero-order valence-electron chi connectivity index (χ0n) is 13.6. The average molecular weight is 415 g/mol. The normalized spacial score (nSPS) is 11.0. The van der Waals surface area contributed by atoms with E-state index in [1.165, 1.54) is 6.07 Å². The Labute approximate surface area is 161 Å². The van der Waals surface area contributed by atoms with Crippen LogP contribution in [0.2, 0.25) is 20.1 Å². The lowest BCUT2D eigenvalue weighted by Gasteiger charge is -2.20. The van der Waals surface area contributed by atoms with Crippen LogP contribution >= 0.6 is 46.4 Å². The summed E-state index contributed by atoms with van der Waals surface area (Å²) < 4.78 is 0. The number of benzene rings is 1. The van der Waals surface area contributed by atoms with Gasteiger partial charge in [-0.25, -0.2) is 0 Å². The van der Waals surface area contributed by atoms with E-state index in [0.29, 0.717) is 6.54 Å². The van der Waals surface area contributed by atoms with Gasteiger partial charge in [-0.05, 0) is 26.5 Å². The second-order valence-corrected chi connectivity index (χ2v) is 6.99. The summed E-state index contributed by atoms with van der Waals surface area (Å²) in [6.45, 7) is 6.23. The van der Waals surface area contributed by atoms with Crippen LogP contribution in [0.5, 0.6) is 0 Å². The third kappa shape index (κ3) is 6.30. The smallest absolute Gasteiger partial charge is 0.238 e. The summed E-state index contributed by atoms with van der Waals surface area (Å²) in [6.07, 6.45) is 0. The lowest BCUT2D eigenvalue weighted by molar-refractivity contribution is -0.123. The number of carbonyl (C=O) groups is 2. The number of nitrogens with zero attached hydrogens (tertiary/aromatic N) is 1. The first-order valence-corrected chi connectivity index (χ1v) is 8.81. The van der Waals surface area contributed by atoms with Gasteiger partial charge in [0.25, 0.3) is 0 Å². The summed E-state index contributed by atoms with van der Waals surface area (Å²) in [4.78, 5) is 25.7. The molecular formula is C15H19Cl4N3O2. The topological polar surface area (TPSA) is 61.4 Å². The van der Waals surface area contributed by atoms with Crippen molar-refractivity contribution < 1.29 is 9.59 Å². The highest BCUT2D eigenvalue weighted by Crippen LogP contribution is 2.40. The molecule has 0 spiro atoms. The molecule has 1 aromatic carbocycles. The quantitative estimate of drug-likeness (QED) is 0.660. The Morgan fingerprint density at radius 2 is 1.54 bits per heavy atom. The van der Waals surface area contributed by atoms with E-state index in [-0.39, 0.29) is 56.7 Å². The van der Waals surface area contributed by atoms with Gasteiger partial charge in [-0.15, -0.1) is 0 Å². The van der Waals surface area contributed by atoms with Gasteiger partial charge in [-0.2, -0.15) is 0 Å². The summed E-state index contributed by atoms with van der Waals surface area (Å²) in [5, 5.41) is 5.96. The zero-order chi connectivity index (χ0) is 18.4. The average Bonchev–Trinajstić information content (AvgIpc) is 2.48. The molecule has 0 fully saturated rings. The highest BCUT2D eigenvalue weighted by Gasteiger charge is 2.18. The van der Waals surface area contributed by atoms with Crippen molar-refractivity contribution in [2.24, 2.45) is 0 Å². The molecule has 2 amide bonds. The SMILES string of the molecule is CCN(CC(=O)Nc1c(Cl)c(Cl)cc(Cl)c1Cl)CC(=O)NC(C)C. The molecule has 0 saturated carbocycles. The lowest BCUT2D eigenvalue weighted by atomic mass is 10.3. The van der Waals surface area contributed by atoms with Gasteiger partial charge >= 0.3 is 0 Å². The van der Waals surface area contributed by atoms with E-state index in [4.69, 9.17) is 46.4 Å². The minimum absolute atomic E-state index is 0.00119. The third-order valence-corrected chi connectivity index (χ3v) is 4.58. The number of carbonyl (C=O) groups excluding carboxylic acids is 2. The first kappa shape index (κ1) is 21.3. The number of nitrogens with one attached hydrogen (secondary N) is 2. The van der Waals surface area contributed by atoms with Gasteiger partial charge in [0.05, 0.1) is 38.9 Å². The molecule has 0 aromatic heterocycles. The minimum Gasteiger partial charge on any atom is -0.353 e. The predicted octanol–water partition coefficient (Wildman–Crippen LogP) is 4.09. The van der Waals surface area contributed by atoms with Crippen LogP contribution in [0, 0.1) is 0 Å². The third-order valence-electron chi connectivity index (χ3n) is 3.01. The van der Waals surface area contributed by atoms with E-state index in [9.17, 15) is 9.59 Å². The first-order chi connectivity index (χ1) is 11.1. The van der Waals surface area contributed by atoms with E-state index >= 15 is 0 Å². The highest BCUT2D eigenvalue weighted by molar-refractivity contribution is 6.50. The fraction of sp³-hybridized carbons (Fsp3) is 0.467. The molecule has 24 heavy (non-hydrogen) atoms. The molecule has 2 N–H and O–H groups in total. The molecule has 0 aliphatic carbocycles. The van der Waals surface area contributed by atoms with E-state index < -0.39 is 0 Å². The minimum atomic E-state index is -0.378. The van der Waals surface area contributed by atoms with Crippen molar-refractivity contribution in [3.8, 4) is 0 Å². The van der Waals surface area contributed by atoms with E-state index in [0.717, 1.165) is 0 Å². The number of halogens is 4. The van der Waals surface area contributed by atoms with Crippen LogP contribution in [0.25, 0.3) is 0 Å². The zero-order valence-corrected chi connectivity index (χ0v) is 16.6. The molecule has 0 atom stereocenters. The van der Waals surface area contributed by atoms with Crippen molar-refractivity contribution in [3.05, 3.63) is 26.2 Å². The molecule has 1 aromatic rings. The standard InChI is InChI=1S/C15H19Cl4N3O2/c1-4-22(6-11(23)20-8(2)3)7-12(24)21-15-13(18)9(16)5-10(17)14(15)19/h5,8H,4,6-7H2,1-3H3,(H,20,23)(H,21,24). The molecule has 5 nitrogen and oxygen atoms in total. The summed E-state index contributed by atoms with van der Waals surface area (Å²) in [6, 6.07) is 1.44. The molecular weight excluding hydrogens is 396 g/mol.